The number of methoxy groups -OCH3 is 1. The predicted molar refractivity (Wildman–Crippen MR) is 81.2 cm³/mol. The van der Waals surface area contributed by atoms with Crippen LogP contribution in [0.25, 0.3) is 5.69 Å². The minimum absolute atomic E-state index is 0.782. The maximum Gasteiger partial charge on any atom is 0.0645 e. The van der Waals surface area contributed by atoms with E-state index in [2.05, 4.69) is 28.7 Å². The van der Waals surface area contributed by atoms with E-state index < -0.39 is 0 Å². The molecule has 0 aliphatic rings. The van der Waals surface area contributed by atoms with Crippen LogP contribution in [0, 0.1) is 0 Å². The molecule has 0 atom stereocenters. The van der Waals surface area contributed by atoms with Crippen LogP contribution in [-0.4, -0.2) is 36.6 Å². The van der Waals surface area contributed by atoms with Gasteiger partial charge in [-0.1, -0.05) is 18.2 Å². The van der Waals surface area contributed by atoms with Gasteiger partial charge in [-0.05, 0) is 43.5 Å². The molecule has 20 heavy (non-hydrogen) atoms. The summed E-state index contributed by atoms with van der Waals surface area (Å²) in [6.07, 6.45) is 7.53. The molecule has 0 saturated carbocycles. The molecule has 0 fully saturated rings. The summed E-state index contributed by atoms with van der Waals surface area (Å²) >= 11 is 0. The van der Waals surface area contributed by atoms with Gasteiger partial charge in [0.2, 0.25) is 0 Å². The lowest BCUT2D eigenvalue weighted by Crippen LogP contribution is -2.20. The Hall–Kier alpha value is -1.65. The average Bonchev–Trinajstić information content (AvgIpc) is 2.96. The second-order valence-electron chi connectivity index (χ2n) is 4.83. The van der Waals surface area contributed by atoms with E-state index >= 15 is 0 Å². The zero-order valence-corrected chi connectivity index (χ0v) is 12.1. The molecule has 4 heteroatoms. The van der Waals surface area contributed by atoms with Crippen LogP contribution in [0.15, 0.2) is 42.7 Å². The molecule has 0 spiro atoms. The van der Waals surface area contributed by atoms with Crippen LogP contribution < -0.4 is 5.32 Å². The van der Waals surface area contributed by atoms with E-state index in [4.69, 9.17) is 4.74 Å². The Labute approximate surface area is 120 Å². The summed E-state index contributed by atoms with van der Waals surface area (Å²) in [6.45, 7) is 2.77. The maximum atomic E-state index is 4.99. The van der Waals surface area contributed by atoms with Crippen LogP contribution in [0.4, 0.5) is 0 Å². The molecule has 108 valence electrons. The number of nitrogens with one attached hydrogen (secondary N) is 1. The molecule has 0 aliphatic heterocycles. The zero-order valence-electron chi connectivity index (χ0n) is 12.1. The van der Waals surface area contributed by atoms with Gasteiger partial charge in [-0.3, -0.25) is 0 Å². The third-order valence-electron chi connectivity index (χ3n) is 3.21. The summed E-state index contributed by atoms with van der Waals surface area (Å²) in [5, 5.41) is 7.77. The van der Waals surface area contributed by atoms with Crippen molar-refractivity contribution in [2.45, 2.75) is 19.3 Å². The lowest BCUT2D eigenvalue weighted by atomic mass is 10.1. The Morgan fingerprint density at radius 2 is 2.00 bits per heavy atom. The van der Waals surface area contributed by atoms with Crippen LogP contribution in [0.2, 0.25) is 0 Å². The second-order valence-corrected chi connectivity index (χ2v) is 4.83. The van der Waals surface area contributed by atoms with E-state index in [9.17, 15) is 0 Å². The molecule has 0 radical (unpaired) electrons. The van der Waals surface area contributed by atoms with E-state index in [-0.39, 0.29) is 0 Å². The van der Waals surface area contributed by atoms with Gasteiger partial charge < -0.3 is 10.1 Å². The highest BCUT2D eigenvalue weighted by Crippen LogP contribution is 2.09. The molecule has 1 aromatic carbocycles. The SMILES string of the molecule is COCCNCCCCc1cnn(-c2ccccc2)c1. The Morgan fingerprint density at radius 1 is 1.15 bits per heavy atom. The summed E-state index contributed by atoms with van der Waals surface area (Å²) in [4.78, 5) is 0. The topological polar surface area (TPSA) is 39.1 Å². The Morgan fingerprint density at radius 3 is 2.80 bits per heavy atom. The number of hydrogen-bond acceptors (Lipinski definition) is 3. The molecule has 1 N–H and O–H groups in total. The van der Waals surface area contributed by atoms with Gasteiger partial charge in [-0.25, -0.2) is 4.68 Å². The first kappa shape index (κ1) is 14.8. The van der Waals surface area contributed by atoms with Crippen molar-refractivity contribution in [1.82, 2.24) is 15.1 Å². The molecular weight excluding hydrogens is 250 g/mol. The highest BCUT2D eigenvalue weighted by atomic mass is 16.5. The van der Waals surface area contributed by atoms with E-state index in [1.54, 1.807) is 7.11 Å². The van der Waals surface area contributed by atoms with Crippen LogP contribution in [0.5, 0.6) is 0 Å². The normalized spacial score (nSPS) is 10.8. The maximum absolute atomic E-state index is 4.99. The van der Waals surface area contributed by atoms with Crippen molar-refractivity contribution in [3.8, 4) is 5.69 Å². The van der Waals surface area contributed by atoms with Crippen molar-refractivity contribution in [3.63, 3.8) is 0 Å². The highest BCUT2D eigenvalue weighted by Gasteiger charge is 2.00. The monoisotopic (exact) mass is 273 g/mol. The molecule has 0 amide bonds. The number of benzene rings is 1. The molecule has 0 bridgehead atoms. The lowest BCUT2D eigenvalue weighted by molar-refractivity contribution is 0.199. The largest absolute Gasteiger partial charge is 0.383 e. The van der Waals surface area contributed by atoms with Crippen LogP contribution in [0.1, 0.15) is 18.4 Å². The molecule has 2 aromatic rings. The predicted octanol–water partition coefficient (Wildman–Crippen LogP) is 2.43. The van der Waals surface area contributed by atoms with Gasteiger partial charge in [0.25, 0.3) is 0 Å². The van der Waals surface area contributed by atoms with Crippen molar-refractivity contribution in [3.05, 3.63) is 48.3 Å². The minimum atomic E-state index is 0.782. The third kappa shape index (κ3) is 4.79. The second kappa shape index (κ2) is 8.51. The number of unbranched alkanes of at least 4 members (excludes halogenated alkanes) is 1. The summed E-state index contributed by atoms with van der Waals surface area (Å²) in [5.41, 5.74) is 2.41. The quantitative estimate of drug-likeness (QED) is 0.713. The van der Waals surface area contributed by atoms with Crippen LogP contribution >= 0.6 is 0 Å². The lowest BCUT2D eigenvalue weighted by Gasteiger charge is -2.03. The molecule has 1 aromatic heterocycles. The highest BCUT2D eigenvalue weighted by molar-refractivity contribution is 5.30. The number of nitrogens with zero attached hydrogens (tertiary/aromatic N) is 2. The van der Waals surface area contributed by atoms with Gasteiger partial charge in [0.1, 0.15) is 0 Å². The molecule has 0 unspecified atom stereocenters. The van der Waals surface area contributed by atoms with Gasteiger partial charge in [0, 0.05) is 19.9 Å². The summed E-state index contributed by atoms with van der Waals surface area (Å²) in [5.74, 6) is 0. The number of para-hydroxylation sites is 1. The van der Waals surface area contributed by atoms with Gasteiger partial charge in [0.15, 0.2) is 0 Å². The van der Waals surface area contributed by atoms with Crippen molar-refractivity contribution in [2.24, 2.45) is 0 Å². The van der Waals surface area contributed by atoms with Crippen LogP contribution in [0.3, 0.4) is 0 Å². The summed E-state index contributed by atoms with van der Waals surface area (Å²) < 4.78 is 6.93. The first-order valence-electron chi connectivity index (χ1n) is 7.19. The minimum Gasteiger partial charge on any atom is -0.383 e. The average molecular weight is 273 g/mol. The van der Waals surface area contributed by atoms with E-state index in [1.807, 2.05) is 29.1 Å². The first-order chi connectivity index (χ1) is 9.90. The Bertz CT molecular complexity index is 481. The van der Waals surface area contributed by atoms with Crippen LogP contribution in [-0.2, 0) is 11.2 Å². The van der Waals surface area contributed by atoms with E-state index in [0.29, 0.717) is 0 Å². The number of rotatable bonds is 9. The smallest absolute Gasteiger partial charge is 0.0645 e. The fourth-order valence-corrected chi connectivity index (χ4v) is 2.09. The van der Waals surface area contributed by atoms with Crippen molar-refractivity contribution >= 4 is 0 Å². The molecule has 4 nitrogen and oxygen atoms in total. The van der Waals surface area contributed by atoms with Gasteiger partial charge in [-0.15, -0.1) is 0 Å². The first-order valence-corrected chi connectivity index (χ1v) is 7.19. The summed E-state index contributed by atoms with van der Waals surface area (Å²) in [6, 6.07) is 10.2. The van der Waals surface area contributed by atoms with Crippen molar-refractivity contribution < 1.29 is 4.74 Å². The molecular formula is C16H23N3O. The fourth-order valence-electron chi connectivity index (χ4n) is 2.09. The summed E-state index contributed by atoms with van der Waals surface area (Å²) in [7, 11) is 1.73. The van der Waals surface area contributed by atoms with Gasteiger partial charge in [0.05, 0.1) is 18.5 Å². The van der Waals surface area contributed by atoms with E-state index in [0.717, 1.165) is 31.8 Å². The van der Waals surface area contributed by atoms with Gasteiger partial charge >= 0.3 is 0 Å². The van der Waals surface area contributed by atoms with Crippen molar-refractivity contribution in [2.75, 3.05) is 26.8 Å². The molecule has 0 aliphatic carbocycles. The third-order valence-corrected chi connectivity index (χ3v) is 3.21. The molecule has 2 rings (SSSR count). The number of hydrogen-bond donors (Lipinski definition) is 1. The standard InChI is InChI=1S/C16H23N3O/c1-20-12-11-17-10-6-5-7-15-13-18-19(14-15)16-8-3-2-4-9-16/h2-4,8-9,13-14,17H,5-7,10-12H2,1H3. The molecule has 0 saturated heterocycles. The zero-order chi connectivity index (χ0) is 14.0. The Balaban J connectivity index is 1.69. The Kier molecular flexibility index (Phi) is 6.27. The van der Waals surface area contributed by atoms with E-state index in [1.165, 1.54) is 18.4 Å². The van der Waals surface area contributed by atoms with Gasteiger partial charge in [-0.2, -0.15) is 5.10 Å². The molecule has 1 heterocycles. The number of aromatic nitrogens is 2. The fraction of sp³-hybridized carbons (Fsp3) is 0.438. The number of ether oxygens (including phenoxy) is 1. The number of aryl methyl sites for hydroxylation is 1. The van der Waals surface area contributed by atoms with Crippen molar-refractivity contribution in [1.29, 1.82) is 0 Å².